The van der Waals surface area contributed by atoms with Crippen LogP contribution in [-0.4, -0.2) is 29.1 Å². The van der Waals surface area contributed by atoms with E-state index in [4.69, 9.17) is 16.3 Å². The second kappa shape index (κ2) is 7.29. The molecule has 0 radical (unpaired) electrons. The number of amides is 1. The molecule has 0 saturated carbocycles. The van der Waals surface area contributed by atoms with Gasteiger partial charge in [0.15, 0.2) is 0 Å². The Morgan fingerprint density at radius 3 is 2.70 bits per heavy atom. The molecule has 2 heterocycles. The van der Waals surface area contributed by atoms with Gasteiger partial charge in [-0.1, -0.05) is 48.0 Å². The summed E-state index contributed by atoms with van der Waals surface area (Å²) >= 11 is 5.85. The predicted octanol–water partition coefficient (Wildman–Crippen LogP) is 4.16. The number of pyridine rings is 1. The van der Waals surface area contributed by atoms with Gasteiger partial charge < -0.3 is 9.64 Å². The molecule has 0 saturated heterocycles. The van der Waals surface area contributed by atoms with Gasteiger partial charge in [0, 0.05) is 19.3 Å². The van der Waals surface area contributed by atoms with Gasteiger partial charge >= 0.3 is 6.09 Å². The minimum Gasteiger partial charge on any atom is -0.445 e. The maximum atomic E-state index is 12.1. The van der Waals surface area contributed by atoms with Crippen LogP contribution in [0.4, 0.5) is 4.79 Å². The number of aromatic nitrogens is 1. The maximum absolute atomic E-state index is 12.1. The molecule has 23 heavy (non-hydrogen) atoms. The lowest BCUT2D eigenvalue weighted by molar-refractivity contribution is 0.0998. The third-order valence-electron chi connectivity index (χ3n) is 3.73. The van der Waals surface area contributed by atoms with Crippen molar-refractivity contribution in [1.82, 2.24) is 9.88 Å². The molecule has 0 aliphatic carbocycles. The molecule has 1 aromatic heterocycles. The summed E-state index contributed by atoms with van der Waals surface area (Å²) in [4.78, 5) is 18.1. The summed E-state index contributed by atoms with van der Waals surface area (Å²) in [5.74, 6) is 0. The topological polar surface area (TPSA) is 42.4 Å². The van der Waals surface area contributed by atoms with Gasteiger partial charge in [-0.2, -0.15) is 0 Å². The van der Waals surface area contributed by atoms with Crippen LogP contribution in [0.1, 0.15) is 17.7 Å². The van der Waals surface area contributed by atoms with Gasteiger partial charge in [0.2, 0.25) is 0 Å². The lowest BCUT2D eigenvalue weighted by Crippen LogP contribution is -2.35. The largest absolute Gasteiger partial charge is 0.445 e. The first-order valence-electron chi connectivity index (χ1n) is 7.49. The molecule has 2 aromatic rings. The van der Waals surface area contributed by atoms with E-state index in [9.17, 15) is 4.79 Å². The summed E-state index contributed by atoms with van der Waals surface area (Å²) in [6, 6.07) is 13.4. The van der Waals surface area contributed by atoms with Crippen molar-refractivity contribution in [2.24, 2.45) is 0 Å². The summed E-state index contributed by atoms with van der Waals surface area (Å²) < 4.78 is 5.35. The fourth-order valence-electron chi connectivity index (χ4n) is 2.44. The van der Waals surface area contributed by atoms with E-state index in [0.717, 1.165) is 23.3 Å². The SMILES string of the molecule is O=C(OCc1ccccc1)N1CC=C(c2ccc(Cl)cn2)CC1. The number of benzene rings is 1. The van der Waals surface area contributed by atoms with Crippen LogP contribution in [-0.2, 0) is 11.3 Å². The van der Waals surface area contributed by atoms with Crippen LogP contribution in [0.5, 0.6) is 0 Å². The van der Waals surface area contributed by atoms with E-state index in [1.807, 2.05) is 48.5 Å². The van der Waals surface area contributed by atoms with E-state index in [1.54, 1.807) is 11.1 Å². The van der Waals surface area contributed by atoms with Crippen LogP contribution < -0.4 is 0 Å². The lowest BCUT2D eigenvalue weighted by atomic mass is 10.0. The molecule has 3 rings (SSSR count). The molecule has 1 aliphatic heterocycles. The summed E-state index contributed by atoms with van der Waals surface area (Å²) in [6.07, 6.45) is 4.13. The van der Waals surface area contributed by atoms with E-state index in [1.165, 1.54) is 0 Å². The zero-order valence-electron chi connectivity index (χ0n) is 12.6. The smallest absolute Gasteiger partial charge is 0.410 e. The highest BCUT2D eigenvalue weighted by atomic mass is 35.5. The first-order chi connectivity index (χ1) is 11.2. The Morgan fingerprint density at radius 2 is 2.04 bits per heavy atom. The Morgan fingerprint density at radius 1 is 1.22 bits per heavy atom. The lowest BCUT2D eigenvalue weighted by Gasteiger charge is -2.25. The molecule has 0 N–H and O–H groups in total. The number of carbonyl (C=O) groups is 1. The highest BCUT2D eigenvalue weighted by molar-refractivity contribution is 6.30. The Bertz CT molecular complexity index is 699. The fourth-order valence-corrected chi connectivity index (χ4v) is 2.56. The van der Waals surface area contributed by atoms with Crippen molar-refractivity contribution in [2.75, 3.05) is 13.1 Å². The number of hydrogen-bond acceptors (Lipinski definition) is 3. The van der Waals surface area contributed by atoms with Crippen molar-refractivity contribution in [3.63, 3.8) is 0 Å². The first-order valence-corrected chi connectivity index (χ1v) is 7.87. The normalized spacial score (nSPS) is 14.3. The molecule has 1 aliphatic rings. The van der Waals surface area contributed by atoms with Gasteiger partial charge in [0.05, 0.1) is 10.7 Å². The highest BCUT2D eigenvalue weighted by Gasteiger charge is 2.19. The molecule has 0 atom stereocenters. The molecule has 118 valence electrons. The third-order valence-corrected chi connectivity index (χ3v) is 3.95. The molecule has 0 bridgehead atoms. The van der Waals surface area contributed by atoms with E-state index >= 15 is 0 Å². The van der Waals surface area contributed by atoms with Crippen LogP contribution in [0.3, 0.4) is 0 Å². The molecule has 5 heteroatoms. The monoisotopic (exact) mass is 328 g/mol. The Balaban J connectivity index is 1.55. The van der Waals surface area contributed by atoms with Gasteiger partial charge in [0.25, 0.3) is 0 Å². The van der Waals surface area contributed by atoms with Gasteiger partial charge in [-0.25, -0.2) is 4.79 Å². The van der Waals surface area contributed by atoms with E-state index in [2.05, 4.69) is 4.98 Å². The van der Waals surface area contributed by atoms with E-state index in [0.29, 0.717) is 24.7 Å². The van der Waals surface area contributed by atoms with Crippen molar-refractivity contribution in [3.05, 3.63) is 71.0 Å². The molecule has 1 aromatic carbocycles. The summed E-state index contributed by atoms with van der Waals surface area (Å²) in [7, 11) is 0. The van der Waals surface area contributed by atoms with Crippen molar-refractivity contribution >= 4 is 23.3 Å². The number of ether oxygens (including phenoxy) is 1. The summed E-state index contributed by atoms with van der Waals surface area (Å²) in [5, 5.41) is 0.622. The van der Waals surface area contributed by atoms with Crippen LogP contribution in [0.15, 0.2) is 54.7 Å². The van der Waals surface area contributed by atoms with Crippen molar-refractivity contribution in [1.29, 1.82) is 0 Å². The van der Waals surface area contributed by atoms with Crippen LogP contribution in [0.2, 0.25) is 5.02 Å². The zero-order chi connectivity index (χ0) is 16.1. The van der Waals surface area contributed by atoms with Crippen LogP contribution >= 0.6 is 11.6 Å². The second-order valence-electron chi connectivity index (χ2n) is 5.33. The average Bonchev–Trinajstić information content (AvgIpc) is 2.61. The van der Waals surface area contributed by atoms with Crippen molar-refractivity contribution < 1.29 is 9.53 Å². The number of rotatable bonds is 3. The molecular weight excluding hydrogens is 312 g/mol. The third kappa shape index (κ3) is 4.11. The van der Waals surface area contributed by atoms with E-state index in [-0.39, 0.29) is 6.09 Å². The Hall–Kier alpha value is -2.33. The van der Waals surface area contributed by atoms with Gasteiger partial charge in [-0.05, 0) is 29.7 Å². The summed E-state index contributed by atoms with van der Waals surface area (Å²) in [6.45, 7) is 1.46. The standard InChI is InChI=1S/C18H17ClN2O2/c19-16-6-7-17(20-12-16)15-8-10-21(11-9-15)18(22)23-13-14-4-2-1-3-5-14/h1-8,12H,9-11,13H2. The van der Waals surface area contributed by atoms with E-state index < -0.39 is 0 Å². The van der Waals surface area contributed by atoms with Gasteiger partial charge in [-0.15, -0.1) is 0 Å². The molecule has 0 spiro atoms. The Kier molecular flexibility index (Phi) is 4.93. The van der Waals surface area contributed by atoms with Crippen LogP contribution in [0.25, 0.3) is 5.57 Å². The summed E-state index contributed by atoms with van der Waals surface area (Å²) in [5.41, 5.74) is 3.03. The molecule has 0 fully saturated rings. The number of hydrogen-bond donors (Lipinski definition) is 0. The molecular formula is C18H17ClN2O2. The first kappa shape index (κ1) is 15.6. The van der Waals surface area contributed by atoms with Gasteiger partial charge in [0.1, 0.15) is 6.61 Å². The fraction of sp³-hybridized carbons (Fsp3) is 0.222. The van der Waals surface area contributed by atoms with Crippen molar-refractivity contribution in [2.45, 2.75) is 13.0 Å². The number of carbonyl (C=O) groups excluding carboxylic acids is 1. The molecule has 4 nitrogen and oxygen atoms in total. The zero-order valence-corrected chi connectivity index (χ0v) is 13.4. The predicted molar refractivity (Wildman–Crippen MR) is 90.0 cm³/mol. The highest BCUT2D eigenvalue weighted by Crippen LogP contribution is 2.22. The quantitative estimate of drug-likeness (QED) is 0.849. The molecule has 0 unspecified atom stereocenters. The minimum atomic E-state index is -0.284. The number of halogens is 1. The Labute approximate surface area is 140 Å². The number of nitrogens with zero attached hydrogens (tertiary/aromatic N) is 2. The average molecular weight is 329 g/mol. The molecule has 1 amide bonds. The van der Waals surface area contributed by atoms with Crippen molar-refractivity contribution in [3.8, 4) is 0 Å². The van der Waals surface area contributed by atoms with Crippen LogP contribution in [0, 0.1) is 0 Å². The minimum absolute atomic E-state index is 0.284. The maximum Gasteiger partial charge on any atom is 0.410 e. The van der Waals surface area contributed by atoms with Gasteiger partial charge in [-0.3, -0.25) is 4.98 Å². The second-order valence-corrected chi connectivity index (χ2v) is 5.76.